The monoisotopic (exact) mass is 374 g/mol. The highest BCUT2D eigenvalue weighted by atomic mass is 16.3. The van der Waals surface area contributed by atoms with E-state index in [1.807, 2.05) is 44.2 Å². The van der Waals surface area contributed by atoms with E-state index in [4.69, 9.17) is 5.26 Å². The Kier molecular flexibility index (Phi) is 6.14. The Labute approximate surface area is 164 Å². The van der Waals surface area contributed by atoms with Crippen LogP contribution in [0.2, 0.25) is 0 Å². The van der Waals surface area contributed by atoms with Crippen molar-refractivity contribution in [2.45, 2.75) is 19.9 Å². The van der Waals surface area contributed by atoms with Gasteiger partial charge in [0.2, 0.25) is 5.95 Å². The Morgan fingerprint density at radius 1 is 1.11 bits per heavy atom. The van der Waals surface area contributed by atoms with Crippen LogP contribution >= 0.6 is 0 Å². The molecule has 28 heavy (non-hydrogen) atoms. The molecule has 0 saturated heterocycles. The average molecular weight is 374 g/mol. The van der Waals surface area contributed by atoms with Gasteiger partial charge in [0.1, 0.15) is 5.82 Å². The molecule has 0 amide bonds. The molecule has 3 N–H and O–H groups in total. The third kappa shape index (κ3) is 4.81. The highest BCUT2D eigenvalue weighted by Crippen LogP contribution is 2.24. The minimum Gasteiger partial charge on any atom is -0.394 e. The molecule has 0 spiro atoms. The molecule has 7 heteroatoms. The highest BCUT2D eigenvalue weighted by molar-refractivity contribution is 5.67. The van der Waals surface area contributed by atoms with E-state index >= 15 is 0 Å². The maximum Gasteiger partial charge on any atom is 0.225 e. The second kappa shape index (κ2) is 8.93. The summed E-state index contributed by atoms with van der Waals surface area (Å²) in [7, 11) is 0. The SMILES string of the molecule is CC(C)[C@H](CO)Nc1nc(Nc2cccc(C#N)c2)cc(-c2ccncc2)n1. The van der Waals surface area contributed by atoms with Crippen molar-refractivity contribution in [3.63, 3.8) is 0 Å². The zero-order valence-corrected chi connectivity index (χ0v) is 15.8. The molecule has 3 aromatic rings. The average Bonchev–Trinajstić information content (AvgIpc) is 2.72. The number of benzene rings is 1. The molecule has 0 fully saturated rings. The summed E-state index contributed by atoms with van der Waals surface area (Å²) in [6.07, 6.45) is 3.41. The van der Waals surface area contributed by atoms with Gasteiger partial charge < -0.3 is 15.7 Å². The van der Waals surface area contributed by atoms with Crippen molar-refractivity contribution in [2.24, 2.45) is 5.92 Å². The van der Waals surface area contributed by atoms with Gasteiger partial charge in [0.25, 0.3) is 0 Å². The van der Waals surface area contributed by atoms with Crippen molar-refractivity contribution in [3.05, 3.63) is 60.4 Å². The Morgan fingerprint density at radius 2 is 1.89 bits per heavy atom. The van der Waals surface area contributed by atoms with Crippen LogP contribution in [0.5, 0.6) is 0 Å². The number of nitrogens with zero attached hydrogens (tertiary/aromatic N) is 4. The molecule has 1 aromatic carbocycles. The van der Waals surface area contributed by atoms with E-state index in [-0.39, 0.29) is 18.6 Å². The van der Waals surface area contributed by atoms with E-state index in [0.717, 1.165) is 16.9 Å². The number of aromatic nitrogens is 3. The molecule has 0 saturated carbocycles. The van der Waals surface area contributed by atoms with Gasteiger partial charge in [-0.3, -0.25) is 4.98 Å². The molecule has 2 heterocycles. The van der Waals surface area contributed by atoms with E-state index in [2.05, 4.69) is 31.7 Å². The number of hydrogen-bond donors (Lipinski definition) is 3. The third-order valence-electron chi connectivity index (χ3n) is 4.28. The number of hydrogen-bond acceptors (Lipinski definition) is 7. The predicted molar refractivity (Wildman–Crippen MR) is 109 cm³/mol. The summed E-state index contributed by atoms with van der Waals surface area (Å²) in [5.41, 5.74) is 2.94. The van der Waals surface area contributed by atoms with Gasteiger partial charge in [0.05, 0.1) is 30.0 Å². The van der Waals surface area contributed by atoms with Crippen molar-refractivity contribution in [1.82, 2.24) is 15.0 Å². The highest BCUT2D eigenvalue weighted by Gasteiger charge is 2.15. The molecule has 2 aromatic heterocycles. The van der Waals surface area contributed by atoms with Gasteiger partial charge in [0, 0.05) is 29.7 Å². The van der Waals surface area contributed by atoms with Gasteiger partial charge in [-0.1, -0.05) is 19.9 Å². The fourth-order valence-corrected chi connectivity index (χ4v) is 2.65. The topological polar surface area (TPSA) is 107 Å². The lowest BCUT2D eigenvalue weighted by molar-refractivity contribution is 0.248. The number of pyridine rings is 1. The minimum atomic E-state index is -0.164. The molecule has 1 atom stereocenters. The summed E-state index contributed by atoms with van der Waals surface area (Å²) >= 11 is 0. The van der Waals surface area contributed by atoms with Crippen LogP contribution in [0.25, 0.3) is 11.3 Å². The molecule has 0 unspecified atom stereocenters. The second-order valence-electron chi connectivity index (χ2n) is 6.69. The Morgan fingerprint density at radius 3 is 2.57 bits per heavy atom. The number of aliphatic hydroxyl groups is 1. The fourth-order valence-electron chi connectivity index (χ4n) is 2.65. The van der Waals surface area contributed by atoms with Crippen molar-refractivity contribution >= 4 is 17.5 Å². The normalized spacial score (nSPS) is 11.7. The fraction of sp³-hybridized carbons (Fsp3) is 0.238. The van der Waals surface area contributed by atoms with E-state index in [9.17, 15) is 5.11 Å². The van der Waals surface area contributed by atoms with Crippen molar-refractivity contribution in [2.75, 3.05) is 17.2 Å². The summed E-state index contributed by atoms with van der Waals surface area (Å²) in [6, 6.07) is 14.7. The zero-order valence-electron chi connectivity index (χ0n) is 15.8. The minimum absolute atomic E-state index is 0.0203. The van der Waals surface area contributed by atoms with Gasteiger partial charge in [-0.2, -0.15) is 10.2 Å². The molecule has 0 bridgehead atoms. The van der Waals surface area contributed by atoms with Gasteiger partial charge >= 0.3 is 0 Å². The number of aliphatic hydroxyl groups excluding tert-OH is 1. The summed E-state index contributed by atoms with van der Waals surface area (Å²) in [6.45, 7) is 4.02. The molecule has 3 rings (SSSR count). The molecule has 0 radical (unpaired) electrons. The summed E-state index contributed by atoms with van der Waals surface area (Å²) in [5.74, 6) is 1.21. The van der Waals surface area contributed by atoms with Gasteiger partial charge in [-0.25, -0.2) is 4.98 Å². The maximum atomic E-state index is 9.63. The van der Waals surface area contributed by atoms with Gasteiger partial charge in [-0.15, -0.1) is 0 Å². The van der Waals surface area contributed by atoms with E-state index in [0.29, 0.717) is 17.3 Å². The predicted octanol–water partition coefficient (Wildman–Crippen LogP) is 3.58. The van der Waals surface area contributed by atoms with Crippen LogP contribution in [0.1, 0.15) is 19.4 Å². The zero-order chi connectivity index (χ0) is 19.9. The quantitative estimate of drug-likeness (QED) is 0.580. The Bertz CT molecular complexity index is 968. The molecule has 7 nitrogen and oxygen atoms in total. The number of anilines is 3. The summed E-state index contributed by atoms with van der Waals surface area (Å²) < 4.78 is 0. The smallest absolute Gasteiger partial charge is 0.225 e. The van der Waals surface area contributed by atoms with Crippen LogP contribution < -0.4 is 10.6 Å². The summed E-state index contributed by atoms with van der Waals surface area (Å²) in [5, 5.41) is 25.2. The lowest BCUT2D eigenvalue weighted by Crippen LogP contribution is -2.30. The largest absolute Gasteiger partial charge is 0.394 e. The second-order valence-corrected chi connectivity index (χ2v) is 6.69. The van der Waals surface area contributed by atoms with Crippen LogP contribution in [-0.2, 0) is 0 Å². The van der Waals surface area contributed by atoms with Gasteiger partial charge in [-0.05, 0) is 36.2 Å². The Hall–Kier alpha value is -3.50. The van der Waals surface area contributed by atoms with Crippen LogP contribution in [0, 0.1) is 17.2 Å². The first kappa shape index (κ1) is 19.3. The molecule has 142 valence electrons. The molecule has 0 aliphatic rings. The lowest BCUT2D eigenvalue weighted by atomic mass is 10.1. The third-order valence-corrected chi connectivity index (χ3v) is 4.28. The molecule has 0 aliphatic heterocycles. The summed E-state index contributed by atoms with van der Waals surface area (Å²) in [4.78, 5) is 13.2. The standard InChI is InChI=1S/C21H22N6O/c1-14(2)19(13-28)26-21-25-18(16-6-8-23-9-7-16)11-20(27-21)24-17-5-3-4-15(10-17)12-22/h3-11,14,19,28H,13H2,1-2H3,(H2,24,25,26,27)/t19-/m0/s1. The van der Waals surface area contributed by atoms with E-state index in [1.54, 1.807) is 24.5 Å². The first-order valence-corrected chi connectivity index (χ1v) is 9.03. The maximum absolute atomic E-state index is 9.63. The molecular formula is C21H22N6O. The number of nitriles is 1. The van der Waals surface area contributed by atoms with E-state index < -0.39 is 0 Å². The number of rotatable bonds is 7. The van der Waals surface area contributed by atoms with Crippen LogP contribution in [0.15, 0.2) is 54.9 Å². The van der Waals surface area contributed by atoms with Crippen LogP contribution in [0.3, 0.4) is 0 Å². The molecule has 0 aliphatic carbocycles. The van der Waals surface area contributed by atoms with Crippen LogP contribution in [-0.4, -0.2) is 32.7 Å². The van der Waals surface area contributed by atoms with E-state index in [1.165, 1.54) is 0 Å². The van der Waals surface area contributed by atoms with Crippen molar-refractivity contribution < 1.29 is 5.11 Å². The number of nitrogens with one attached hydrogen (secondary N) is 2. The molecular weight excluding hydrogens is 352 g/mol. The van der Waals surface area contributed by atoms with Crippen molar-refractivity contribution in [1.29, 1.82) is 5.26 Å². The van der Waals surface area contributed by atoms with Crippen molar-refractivity contribution in [3.8, 4) is 17.3 Å². The van der Waals surface area contributed by atoms with Gasteiger partial charge in [0.15, 0.2) is 0 Å². The lowest BCUT2D eigenvalue weighted by Gasteiger charge is -2.20. The Balaban J connectivity index is 1.98. The first-order chi connectivity index (χ1) is 13.6. The first-order valence-electron chi connectivity index (χ1n) is 9.03. The van der Waals surface area contributed by atoms with Crippen LogP contribution in [0.4, 0.5) is 17.5 Å².